The van der Waals surface area contributed by atoms with Crippen molar-refractivity contribution in [1.82, 2.24) is 10.1 Å². The van der Waals surface area contributed by atoms with Crippen LogP contribution in [0, 0.1) is 20.8 Å². The molecular formula is C21H28N2O6. The lowest BCUT2D eigenvalue weighted by atomic mass is 9.84. The lowest BCUT2D eigenvalue weighted by Gasteiger charge is -2.41. The molecule has 8 nitrogen and oxygen atoms in total. The van der Waals surface area contributed by atoms with E-state index < -0.39 is 17.6 Å². The third-order valence-corrected chi connectivity index (χ3v) is 5.64. The summed E-state index contributed by atoms with van der Waals surface area (Å²) < 4.78 is 10.6. The lowest BCUT2D eigenvalue weighted by Crippen LogP contribution is -2.54. The maximum Gasteiger partial charge on any atom is 0.513 e. The molecule has 8 heteroatoms. The molecule has 1 fully saturated rings. The van der Waals surface area contributed by atoms with Crippen LogP contribution in [0.25, 0.3) is 5.57 Å². The van der Waals surface area contributed by atoms with Crippen LogP contribution in [0.2, 0.25) is 0 Å². The van der Waals surface area contributed by atoms with E-state index in [0.29, 0.717) is 31.5 Å². The van der Waals surface area contributed by atoms with Gasteiger partial charge in [0, 0.05) is 13.1 Å². The number of rotatable bonds is 4. The Hall–Kier alpha value is -2.42. The first-order valence-electron chi connectivity index (χ1n) is 9.75. The number of hydrogen-bond donors (Lipinski definition) is 1. The number of aryl methyl sites for hydroxylation is 3. The summed E-state index contributed by atoms with van der Waals surface area (Å²) in [6.45, 7) is 8.53. The fraction of sp³-hybridized carbons (Fsp3) is 0.524. The predicted octanol–water partition coefficient (Wildman–Crippen LogP) is 3.12. The molecule has 0 unspecified atom stereocenters. The van der Waals surface area contributed by atoms with Gasteiger partial charge in [-0.3, -0.25) is 10.0 Å². The van der Waals surface area contributed by atoms with Crippen molar-refractivity contribution in [3.63, 3.8) is 0 Å². The summed E-state index contributed by atoms with van der Waals surface area (Å²) in [6.07, 6.45) is -0.185. The number of amides is 1. The summed E-state index contributed by atoms with van der Waals surface area (Å²) in [7, 11) is 1.57. The summed E-state index contributed by atoms with van der Waals surface area (Å²) in [6, 6.07) is 3.93. The number of ether oxygens (including phenoxy) is 2. The van der Waals surface area contributed by atoms with Crippen molar-refractivity contribution in [2.75, 3.05) is 26.8 Å². The van der Waals surface area contributed by atoms with Gasteiger partial charge in [0.1, 0.15) is 5.54 Å². The normalized spacial score (nSPS) is 19.2. The number of hydrogen-bond acceptors (Lipinski definition) is 7. The fourth-order valence-electron chi connectivity index (χ4n) is 4.38. The molecule has 3 rings (SSSR count). The van der Waals surface area contributed by atoms with E-state index in [2.05, 4.69) is 0 Å². The Morgan fingerprint density at radius 2 is 1.76 bits per heavy atom. The molecule has 2 heterocycles. The van der Waals surface area contributed by atoms with E-state index in [1.54, 1.807) is 19.1 Å². The highest BCUT2D eigenvalue weighted by molar-refractivity contribution is 6.23. The maximum atomic E-state index is 13.2. The number of nitrogens with zero attached hydrogens (tertiary/aromatic N) is 2. The number of benzene rings is 1. The minimum atomic E-state index is -1.14. The predicted molar refractivity (Wildman–Crippen MR) is 105 cm³/mol. The largest absolute Gasteiger partial charge is 0.513 e. The van der Waals surface area contributed by atoms with Crippen molar-refractivity contribution < 1.29 is 29.1 Å². The number of carbonyl (C=O) groups excluding carboxylic acids is 2. The number of carbonyl (C=O) groups is 2. The van der Waals surface area contributed by atoms with Crippen LogP contribution >= 0.6 is 0 Å². The van der Waals surface area contributed by atoms with Gasteiger partial charge in [-0.2, -0.15) is 5.06 Å². The van der Waals surface area contributed by atoms with Gasteiger partial charge in [0.2, 0.25) is 0 Å². The minimum absolute atomic E-state index is 0.144. The fourth-order valence-corrected chi connectivity index (χ4v) is 4.38. The van der Waals surface area contributed by atoms with Gasteiger partial charge in [0.25, 0.3) is 5.91 Å². The molecular weight excluding hydrogens is 376 g/mol. The molecule has 0 aliphatic carbocycles. The van der Waals surface area contributed by atoms with Crippen molar-refractivity contribution >= 4 is 17.6 Å². The monoisotopic (exact) mass is 404 g/mol. The van der Waals surface area contributed by atoms with E-state index in [-0.39, 0.29) is 17.9 Å². The van der Waals surface area contributed by atoms with E-state index in [4.69, 9.17) is 14.3 Å². The quantitative estimate of drug-likeness (QED) is 0.609. The van der Waals surface area contributed by atoms with Gasteiger partial charge >= 0.3 is 6.16 Å². The van der Waals surface area contributed by atoms with Crippen molar-refractivity contribution in [3.8, 4) is 0 Å². The van der Waals surface area contributed by atoms with Gasteiger partial charge in [-0.15, -0.1) is 0 Å². The summed E-state index contributed by atoms with van der Waals surface area (Å²) in [5, 5.41) is 13.3. The second-order valence-electron chi connectivity index (χ2n) is 7.52. The van der Waals surface area contributed by atoms with Crippen LogP contribution in [0.3, 0.4) is 0 Å². The molecule has 1 aromatic carbocycles. The molecule has 0 atom stereocenters. The van der Waals surface area contributed by atoms with E-state index in [9.17, 15) is 14.8 Å². The average Bonchev–Trinajstić information content (AvgIpc) is 2.85. The summed E-state index contributed by atoms with van der Waals surface area (Å²) in [4.78, 5) is 30.7. The number of hydroxylamine groups is 4. The molecule has 1 N–H and O–H groups in total. The van der Waals surface area contributed by atoms with Gasteiger partial charge in [-0.25, -0.2) is 9.86 Å². The molecule has 158 valence electrons. The van der Waals surface area contributed by atoms with E-state index >= 15 is 0 Å². The second-order valence-corrected chi connectivity index (χ2v) is 7.52. The van der Waals surface area contributed by atoms with E-state index in [1.165, 1.54) is 0 Å². The first kappa shape index (κ1) is 21.3. The summed E-state index contributed by atoms with van der Waals surface area (Å²) >= 11 is 0. The van der Waals surface area contributed by atoms with Crippen LogP contribution in [0.1, 0.15) is 42.0 Å². The maximum absolute atomic E-state index is 13.2. The lowest BCUT2D eigenvalue weighted by molar-refractivity contribution is -0.209. The Kier molecular flexibility index (Phi) is 5.97. The minimum Gasteiger partial charge on any atom is -0.434 e. The summed E-state index contributed by atoms with van der Waals surface area (Å²) in [5.41, 5.74) is 2.54. The van der Waals surface area contributed by atoms with Gasteiger partial charge in [0.15, 0.2) is 5.76 Å². The highest BCUT2D eigenvalue weighted by atomic mass is 16.7. The average molecular weight is 404 g/mol. The molecule has 0 bridgehead atoms. The molecule has 1 saturated heterocycles. The molecule has 1 spiro atoms. The zero-order chi connectivity index (χ0) is 21.3. The van der Waals surface area contributed by atoms with Crippen molar-refractivity contribution in [1.29, 1.82) is 0 Å². The molecule has 29 heavy (non-hydrogen) atoms. The van der Waals surface area contributed by atoms with Crippen LogP contribution < -0.4 is 0 Å². The smallest absolute Gasteiger partial charge is 0.434 e. The molecule has 0 radical (unpaired) electrons. The Bertz CT molecular complexity index is 832. The first-order chi connectivity index (χ1) is 13.7. The Labute approximate surface area is 170 Å². The van der Waals surface area contributed by atoms with Crippen molar-refractivity contribution in [2.24, 2.45) is 0 Å². The van der Waals surface area contributed by atoms with Crippen LogP contribution in [-0.4, -0.2) is 59.7 Å². The van der Waals surface area contributed by atoms with E-state index in [0.717, 1.165) is 21.8 Å². The van der Waals surface area contributed by atoms with Gasteiger partial charge < -0.3 is 14.3 Å². The molecule has 1 aromatic rings. The third kappa shape index (κ3) is 3.63. The first-order valence-corrected chi connectivity index (χ1v) is 9.75. The third-order valence-electron chi connectivity index (χ3n) is 5.64. The van der Waals surface area contributed by atoms with Gasteiger partial charge in [0.05, 0.1) is 19.3 Å². The van der Waals surface area contributed by atoms with Crippen LogP contribution in [0.4, 0.5) is 4.79 Å². The van der Waals surface area contributed by atoms with E-state index in [1.807, 2.05) is 32.9 Å². The molecule has 2 aliphatic rings. The van der Waals surface area contributed by atoms with Crippen LogP contribution in [-0.2, 0) is 19.1 Å². The highest BCUT2D eigenvalue weighted by Crippen LogP contribution is 2.47. The Morgan fingerprint density at radius 3 is 2.28 bits per heavy atom. The van der Waals surface area contributed by atoms with Crippen molar-refractivity contribution in [2.45, 2.75) is 46.1 Å². The summed E-state index contributed by atoms with van der Waals surface area (Å²) in [5.74, 6) is -0.431. The van der Waals surface area contributed by atoms with Gasteiger partial charge in [-0.1, -0.05) is 17.7 Å². The zero-order valence-electron chi connectivity index (χ0n) is 17.6. The van der Waals surface area contributed by atoms with Crippen LogP contribution in [0.5, 0.6) is 0 Å². The topological polar surface area (TPSA) is 88.5 Å². The molecule has 0 saturated carbocycles. The second kappa shape index (κ2) is 8.14. The standard InChI is InChI=1S/C21H28N2O6/c1-6-28-20(25)29-18-17(16-14(3)11-13(2)12-15(16)4)19(24)23(26)21(18)7-9-22(27-5)10-8-21/h11-12,26H,6-10H2,1-5H3. The Balaban J connectivity index is 2.18. The zero-order valence-corrected chi connectivity index (χ0v) is 17.6. The molecule has 1 amide bonds. The molecule has 0 aromatic heterocycles. The highest BCUT2D eigenvalue weighted by Gasteiger charge is 2.56. The number of piperidine rings is 1. The molecule has 2 aliphatic heterocycles. The Morgan fingerprint density at radius 1 is 1.17 bits per heavy atom. The SMILES string of the molecule is CCOC(=O)OC1=C(c2c(C)cc(C)cc2C)C(=O)N(O)C12CCN(OC)CC2. The van der Waals surface area contributed by atoms with Gasteiger partial charge in [-0.05, 0) is 57.2 Å². The van der Waals surface area contributed by atoms with Crippen molar-refractivity contribution in [3.05, 3.63) is 40.1 Å². The van der Waals surface area contributed by atoms with Crippen LogP contribution in [0.15, 0.2) is 17.9 Å².